The van der Waals surface area contributed by atoms with Crippen LogP contribution in [0.25, 0.3) is 6.08 Å². The number of rotatable bonds is 12. The summed E-state index contributed by atoms with van der Waals surface area (Å²) in [6.45, 7) is 10.9. The number of aromatic nitrogens is 1. The third-order valence-electron chi connectivity index (χ3n) is 7.60. The molecule has 4 aromatic rings. The van der Waals surface area contributed by atoms with Crippen molar-refractivity contribution in [2.75, 3.05) is 33.5 Å². The highest BCUT2D eigenvalue weighted by molar-refractivity contribution is 7.07. The molecule has 0 amide bonds. The van der Waals surface area contributed by atoms with Gasteiger partial charge in [-0.3, -0.25) is 9.36 Å². The monoisotopic (exact) mass is 642 g/mol. The van der Waals surface area contributed by atoms with Crippen LogP contribution in [0, 0.1) is 13.8 Å². The number of nitrogens with zero attached hydrogens (tertiary/aromatic N) is 2. The number of methoxy groups -OCH3 is 1. The predicted octanol–water partition coefficient (Wildman–Crippen LogP) is 5.28. The number of fused-ring (bicyclic) bond motifs is 1. The average molecular weight is 643 g/mol. The molecule has 0 N–H and O–H groups in total. The molecule has 0 spiro atoms. The summed E-state index contributed by atoms with van der Waals surface area (Å²) in [4.78, 5) is 32.3. The van der Waals surface area contributed by atoms with E-state index in [4.69, 9.17) is 23.7 Å². The van der Waals surface area contributed by atoms with Gasteiger partial charge in [0.05, 0.1) is 42.2 Å². The number of hydrogen-bond acceptors (Lipinski definition) is 9. The van der Waals surface area contributed by atoms with Crippen LogP contribution in [0.4, 0.5) is 0 Å². The van der Waals surface area contributed by atoms with E-state index in [2.05, 4.69) is 18.8 Å². The number of benzene rings is 3. The minimum Gasteiger partial charge on any atom is -0.497 e. The maximum atomic E-state index is 14.0. The number of ether oxygens (including phenoxy) is 5. The van der Waals surface area contributed by atoms with Crippen molar-refractivity contribution < 1.29 is 28.5 Å². The lowest BCUT2D eigenvalue weighted by molar-refractivity contribution is -0.139. The van der Waals surface area contributed by atoms with Crippen molar-refractivity contribution in [3.63, 3.8) is 0 Å². The first-order valence-electron chi connectivity index (χ1n) is 15.2. The van der Waals surface area contributed by atoms with Gasteiger partial charge in [0.2, 0.25) is 0 Å². The van der Waals surface area contributed by atoms with E-state index >= 15 is 0 Å². The van der Waals surface area contributed by atoms with Crippen LogP contribution in [0.15, 0.2) is 81.7 Å². The van der Waals surface area contributed by atoms with Crippen molar-refractivity contribution >= 4 is 23.4 Å². The molecule has 0 aliphatic carbocycles. The van der Waals surface area contributed by atoms with E-state index in [9.17, 15) is 9.59 Å². The molecule has 0 saturated heterocycles. The Kier molecular flexibility index (Phi) is 10.3. The molecule has 0 radical (unpaired) electrons. The summed E-state index contributed by atoms with van der Waals surface area (Å²) in [5, 5.41) is 0. The van der Waals surface area contributed by atoms with Crippen LogP contribution in [0.2, 0.25) is 0 Å². The zero-order valence-electron chi connectivity index (χ0n) is 26.9. The zero-order chi connectivity index (χ0) is 32.8. The SMILES string of the molecule is CCOC(=O)C1=C(C)N=c2s/c(=C/c3ccc(OCCOc4ccc(C)c(C)c4)c(OCC)c3)c(=O)n2C1c1ccc(OC)cc1. The van der Waals surface area contributed by atoms with E-state index in [1.54, 1.807) is 43.7 Å². The standard InChI is InChI=1S/C36H38N2O7S/c1-7-42-30-20-25(10-16-29(30)45-18-17-44-28-13-9-22(3)23(4)19-28)21-31-34(39)38-33(26-11-14-27(41-6)15-12-26)32(35(40)43-8-2)24(5)37-36(38)46-31/h9-16,19-21,33H,7-8,17-18H2,1-6H3/b31-21+. The molecule has 1 aliphatic heterocycles. The second-order valence-corrected chi connectivity index (χ2v) is 11.7. The zero-order valence-corrected chi connectivity index (χ0v) is 27.7. The van der Waals surface area contributed by atoms with Crippen molar-refractivity contribution in [3.8, 4) is 23.0 Å². The van der Waals surface area contributed by atoms with Crippen LogP contribution in [-0.2, 0) is 9.53 Å². The van der Waals surface area contributed by atoms with Gasteiger partial charge >= 0.3 is 5.97 Å². The quantitative estimate of drug-likeness (QED) is 0.153. The Balaban J connectivity index is 1.44. The van der Waals surface area contributed by atoms with Crippen LogP contribution in [0.3, 0.4) is 0 Å². The molecule has 1 aliphatic rings. The van der Waals surface area contributed by atoms with Crippen LogP contribution >= 0.6 is 11.3 Å². The molecular weight excluding hydrogens is 604 g/mol. The molecule has 3 aromatic carbocycles. The van der Waals surface area contributed by atoms with Gasteiger partial charge in [0.25, 0.3) is 5.56 Å². The lowest BCUT2D eigenvalue weighted by Crippen LogP contribution is -2.39. The highest BCUT2D eigenvalue weighted by atomic mass is 32.1. The van der Waals surface area contributed by atoms with E-state index in [1.807, 2.05) is 55.5 Å². The van der Waals surface area contributed by atoms with E-state index in [0.29, 0.717) is 57.7 Å². The predicted molar refractivity (Wildman–Crippen MR) is 178 cm³/mol. The fourth-order valence-electron chi connectivity index (χ4n) is 5.16. The number of carbonyl (C=O) groups excluding carboxylic acids is 1. The van der Waals surface area contributed by atoms with Gasteiger partial charge in [-0.1, -0.05) is 35.6 Å². The Morgan fingerprint density at radius 2 is 1.61 bits per heavy atom. The van der Waals surface area contributed by atoms with E-state index in [-0.39, 0.29) is 12.2 Å². The topological polar surface area (TPSA) is 97.6 Å². The summed E-state index contributed by atoms with van der Waals surface area (Å²) in [5.74, 6) is 2.11. The Hall–Kier alpha value is -4.83. The van der Waals surface area contributed by atoms with Crippen LogP contribution in [0.5, 0.6) is 23.0 Å². The van der Waals surface area contributed by atoms with Crippen molar-refractivity contribution in [2.24, 2.45) is 4.99 Å². The van der Waals surface area contributed by atoms with Crippen molar-refractivity contribution in [3.05, 3.63) is 114 Å². The van der Waals surface area contributed by atoms with Crippen molar-refractivity contribution in [1.82, 2.24) is 4.57 Å². The molecule has 0 fully saturated rings. The maximum absolute atomic E-state index is 14.0. The minimum atomic E-state index is -0.704. The molecule has 1 atom stereocenters. The fourth-order valence-corrected chi connectivity index (χ4v) is 6.21. The Morgan fingerprint density at radius 3 is 2.30 bits per heavy atom. The number of thiazole rings is 1. The van der Waals surface area contributed by atoms with Gasteiger partial charge in [0.1, 0.15) is 24.7 Å². The normalized spacial score (nSPS) is 14.4. The fraction of sp³-hybridized carbons (Fsp3) is 0.306. The molecule has 10 heteroatoms. The molecule has 5 rings (SSSR count). The second kappa shape index (κ2) is 14.5. The lowest BCUT2D eigenvalue weighted by atomic mass is 9.96. The molecule has 2 heterocycles. The molecule has 1 aromatic heterocycles. The third-order valence-corrected chi connectivity index (χ3v) is 8.58. The third kappa shape index (κ3) is 7.02. The maximum Gasteiger partial charge on any atom is 0.338 e. The molecule has 1 unspecified atom stereocenters. The van der Waals surface area contributed by atoms with E-state index < -0.39 is 12.0 Å². The van der Waals surface area contributed by atoms with E-state index in [0.717, 1.165) is 16.9 Å². The first-order chi connectivity index (χ1) is 22.2. The van der Waals surface area contributed by atoms with Crippen molar-refractivity contribution in [1.29, 1.82) is 0 Å². The van der Waals surface area contributed by atoms with Gasteiger partial charge in [-0.15, -0.1) is 0 Å². The number of carbonyl (C=O) groups is 1. The minimum absolute atomic E-state index is 0.205. The molecule has 240 valence electrons. The highest BCUT2D eigenvalue weighted by Gasteiger charge is 2.33. The number of hydrogen-bond donors (Lipinski definition) is 0. The highest BCUT2D eigenvalue weighted by Crippen LogP contribution is 2.32. The number of allylic oxidation sites excluding steroid dienone is 1. The molecule has 9 nitrogen and oxygen atoms in total. The van der Waals surface area contributed by atoms with Crippen molar-refractivity contribution in [2.45, 2.75) is 40.7 Å². The van der Waals surface area contributed by atoms with Crippen LogP contribution in [0.1, 0.15) is 49.1 Å². The average Bonchev–Trinajstić information content (AvgIpc) is 3.35. The molecule has 0 saturated carbocycles. The number of aryl methyl sites for hydroxylation is 2. The first kappa shape index (κ1) is 32.6. The smallest absolute Gasteiger partial charge is 0.338 e. The second-order valence-electron chi connectivity index (χ2n) is 10.7. The largest absolute Gasteiger partial charge is 0.497 e. The summed E-state index contributed by atoms with van der Waals surface area (Å²) in [6.07, 6.45) is 1.80. The molecule has 46 heavy (non-hydrogen) atoms. The summed E-state index contributed by atoms with van der Waals surface area (Å²) in [6, 6.07) is 18.1. The summed E-state index contributed by atoms with van der Waals surface area (Å²) >= 11 is 1.26. The molecular formula is C36H38N2O7S. The Bertz CT molecular complexity index is 1940. The Labute approximate surface area is 272 Å². The van der Waals surface area contributed by atoms with Gasteiger partial charge in [0.15, 0.2) is 16.3 Å². The summed E-state index contributed by atoms with van der Waals surface area (Å²) < 4.78 is 30.5. The van der Waals surface area contributed by atoms with Gasteiger partial charge in [-0.25, -0.2) is 9.79 Å². The first-order valence-corrected chi connectivity index (χ1v) is 16.0. The summed E-state index contributed by atoms with van der Waals surface area (Å²) in [7, 11) is 1.59. The molecule has 0 bridgehead atoms. The van der Waals surface area contributed by atoms with Gasteiger partial charge in [-0.05, 0) is 99.3 Å². The van der Waals surface area contributed by atoms with Crippen LogP contribution in [-0.4, -0.2) is 44.1 Å². The van der Waals surface area contributed by atoms with Gasteiger partial charge < -0.3 is 23.7 Å². The van der Waals surface area contributed by atoms with Gasteiger partial charge in [-0.2, -0.15) is 0 Å². The lowest BCUT2D eigenvalue weighted by Gasteiger charge is -2.24. The van der Waals surface area contributed by atoms with Crippen LogP contribution < -0.4 is 33.8 Å². The van der Waals surface area contributed by atoms with E-state index in [1.165, 1.54) is 22.5 Å². The number of esters is 1. The summed E-state index contributed by atoms with van der Waals surface area (Å²) in [5.41, 5.74) is 4.46. The Morgan fingerprint density at radius 1 is 0.870 bits per heavy atom. The van der Waals surface area contributed by atoms with Gasteiger partial charge in [0, 0.05) is 0 Å².